The molecule has 0 saturated carbocycles. The second-order valence-electron chi connectivity index (χ2n) is 6.09. The number of guanidine groups is 1. The quantitative estimate of drug-likeness (QED) is 0.268. The van der Waals surface area contributed by atoms with E-state index in [1.807, 2.05) is 59.4 Å². The van der Waals surface area contributed by atoms with E-state index in [0.29, 0.717) is 19.0 Å². The lowest BCUT2D eigenvalue weighted by Crippen LogP contribution is -2.39. The smallest absolute Gasteiger partial charge is 0.191 e. The van der Waals surface area contributed by atoms with Crippen molar-refractivity contribution in [3.05, 3.63) is 78.5 Å². The maximum absolute atomic E-state index is 9.66. The van der Waals surface area contributed by atoms with Gasteiger partial charge >= 0.3 is 0 Å². The molecule has 0 aliphatic carbocycles. The van der Waals surface area contributed by atoms with Crippen molar-refractivity contribution in [1.82, 2.24) is 25.2 Å². The lowest BCUT2D eigenvalue weighted by Gasteiger charge is -2.18. The molecule has 2 aromatic heterocycles. The highest BCUT2D eigenvalue weighted by atomic mass is 127. The minimum atomic E-state index is 0. The van der Waals surface area contributed by atoms with Gasteiger partial charge in [-0.1, -0.05) is 36.4 Å². The SMILES string of the molecule is CN=C(NCc1ccc(-n2ccnc2)nc1)NCC(CO)c1ccccc1.I. The Kier molecular flexibility index (Phi) is 8.89. The zero-order valence-corrected chi connectivity index (χ0v) is 18.0. The summed E-state index contributed by atoms with van der Waals surface area (Å²) in [5.41, 5.74) is 2.14. The minimum Gasteiger partial charge on any atom is -0.396 e. The first kappa shape index (κ1) is 21.8. The minimum absolute atomic E-state index is 0. The van der Waals surface area contributed by atoms with Crippen molar-refractivity contribution >= 4 is 29.9 Å². The standard InChI is InChI=1S/C20H24N6O.HI/c1-21-20(25-13-18(14-27)17-5-3-2-4-6-17)24-12-16-7-8-19(23-11-16)26-10-9-22-15-26;/h2-11,15,18,27H,12-14H2,1H3,(H2,21,24,25);1H. The Morgan fingerprint density at radius 2 is 2.00 bits per heavy atom. The van der Waals surface area contributed by atoms with Crippen molar-refractivity contribution in [2.45, 2.75) is 12.5 Å². The highest BCUT2D eigenvalue weighted by molar-refractivity contribution is 14.0. The Bertz CT molecular complexity index is 837. The number of benzene rings is 1. The summed E-state index contributed by atoms with van der Waals surface area (Å²) in [7, 11) is 1.73. The van der Waals surface area contributed by atoms with Crippen LogP contribution in [-0.4, -0.2) is 45.8 Å². The highest BCUT2D eigenvalue weighted by Crippen LogP contribution is 2.13. The summed E-state index contributed by atoms with van der Waals surface area (Å²) >= 11 is 0. The fourth-order valence-corrected chi connectivity index (χ4v) is 2.71. The van der Waals surface area contributed by atoms with Gasteiger partial charge in [-0.05, 0) is 17.2 Å². The molecular weight excluding hydrogens is 467 g/mol. The molecule has 3 rings (SSSR count). The van der Waals surface area contributed by atoms with E-state index in [4.69, 9.17) is 0 Å². The normalized spacial score (nSPS) is 12.1. The van der Waals surface area contributed by atoms with E-state index in [-0.39, 0.29) is 36.5 Å². The molecule has 28 heavy (non-hydrogen) atoms. The second-order valence-corrected chi connectivity index (χ2v) is 6.09. The van der Waals surface area contributed by atoms with E-state index in [2.05, 4.69) is 25.6 Å². The van der Waals surface area contributed by atoms with Gasteiger partial charge in [-0.25, -0.2) is 9.97 Å². The first-order valence-electron chi connectivity index (χ1n) is 8.83. The number of imidazole rings is 1. The van der Waals surface area contributed by atoms with Crippen LogP contribution in [0.5, 0.6) is 0 Å². The van der Waals surface area contributed by atoms with E-state index in [1.165, 1.54) is 0 Å². The van der Waals surface area contributed by atoms with Crippen molar-refractivity contribution in [3.8, 4) is 5.82 Å². The molecule has 3 aromatic rings. The molecule has 7 nitrogen and oxygen atoms in total. The molecule has 0 aliphatic heterocycles. The molecule has 0 fully saturated rings. The second kappa shape index (κ2) is 11.4. The van der Waals surface area contributed by atoms with Crippen LogP contribution < -0.4 is 10.6 Å². The van der Waals surface area contributed by atoms with Crippen LogP contribution in [0.25, 0.3) is 5.82 Å². The Labute approximate surface area is 182 Å². The van der Waals surface area contributed by atoms with Gasteiger partial charge in [-0.2, -0.15) is 0 Å². The number of nitrogens with zero attached hydrogens (tertiary/aromatic N) is 4. The van der Waals surface area contributed by atoms with Crippen LogP contribution >= 0.6 is 24.0 Å². The van der Waals surface area contributed by atoms with Crippen LogP contribution in [-0.2, 0) is 6.54 Å². The van der Waals surface area contributed by atoms with Gasteiger partial charge in [0.15, 0.2) is 5.96 Å². The maximum Gasteiger partial charge on any atom is 0.191 e. The Morgan fingerprint density at radius 3 is 2.61 bits per heavy atom. The summed E-state index contributed by atoms with van der Waals surface area (Å²) in [6.45, 7) is 1.28. The van der Waals surface area contributed by atoms with Gasteiger partial charge < -0.3 is 15.7 Å². The highest BCUT2D eigenvalue weighted by Gasteiger charge is 2.10. The van der Waals surface area contributed by atoms with E-state index in [0.717, 1.165) is 16.9 Å². The third-order valence-electron chi connectivity index (χ3n) is 4.27. The summed E-state index contributed by atoms with van der Waals surface area (Å²) in [6.07, 6.45) is 7.13. The van der Waals surface area contributed by atoms with Crippen molar-refractivity contribution < 1.29 is 5.11 Å². The molecule has 0 spiro atoms. The topological polar surface area (TPSA) is 87.4 Å². The van der Waals surface area contributed by atoms with E-state index in [9.17, 15) is 5.11 Å². The summed E-state index contributed by atoms with van der Waals surface area (Å²) in [5.74, 6) is 1.52. The summed E-state index contributed by atoms with van der Waals surface area (Å²) in [5, 5.41) is 16.2. The fraction of sp³-hybridized carbons (Fsp3) is 0.250. The predicted molar refractivity (Wildman–Crippen MR) is 121 cm³/mol. The monoisotopic (exact) mass is 492 g/mol. The molecule has 3 N–H and O–H groups in total. The van der Waals surface area contributed by atoms with E-state index >= 15 is 0 Å². The number of aliphatic hydroxyl groups is 1. The Morgan fingerprint density at radius 1 is 1.18 bits per heavy atom. The first-order valence-corrected chi connectivity index (χ1v) is 8.83. The fourth-order valence-electron chi connectivity index (χ4n) is 2.71. The van der Waals surface area contributed by atoms with Crippen molar-refractivity contribution in [2.24, 2.45) is 4.99 Å². The third kappa shape index (κ3) is 6.03. The van der Waals surface area contributed by atoms with E-state index in [1.54, 1.807) is 19.6 Å². The number of hydrogen-bond acceptors (Lipinski definition) is 4. The van der Waals surface area contributed by atoms with Crippen LogP contribution in [0.4, 0.5) is 0 Å². The maximum atomic E-state index is 9.66. The number of aliphatic hydroxyl groups excluding tert-OH is 1. The molecule has 1 atom stereocenters. The van der Waals surface area contributed by atoms with Crippen LogP contribution in [0.2, 0.25) is 0 Å². The summed E-state index contributed by atoms with van der Waals surface area (Å²) in [6, 6.07) is 13.9. The lowest BCUT2D eigenvalue weighted by atomic mass is 10.0. The first-order chi connectivity index (χ1) is 13.3. The number of hydrogen-bond donors (Lipinski definition) is 3. The zero-order valence-electron chi connectivity index (χ0n) is 15.7. The number of aromatic nitrogens is 3. The van der Waals surface area contributed by atoms with Crippen molar-refractivity contribution in [1.29, 1.82) is 0 Å². The number of halogens is 1. The number of aliphatic imine (C=N–C) groups is 1. The third-order valence-corrected chi connectivity index (χ3v) is 4.27. The Balaban J connectivity index is 0.00000280. The van der Waals surface area contributed by atoms with Gasteiger partial charge in [-0.15, -0.1) is 24.0 Å². The Hall–Kier alpha value is -2.46. The molecule has 1 unspecified atom stereocenters. The van der Waals surface area contributed by atoms with Gasteiger partial charge in [0.25, 0.3) is 0 Å². The number of nitrogens with one attached hydrogen (secondary N) is 2. The molecule has 8 heteroatoms. The van der Waals surface area contributed by atoms with Gasteiger partial charge in [0, 0.05) is 44.6 Å². The molecule has 148 valence electrons. The van der Waals surface area contributed by atoms with Crippen molar-refractivity contribution in [2.75, 3.05) is 20.2 Å². The van der Waals surface area contributed by atoms with Gasteiger partial charge in [0.05, 0.1) is 6.61 Å². The lowest BCUT2D eigenvalue weighted by molar-refractivity contribution is 0.265. The molecular formula is C20H25IN6O. The zero-order chi connectivity index (χ0) is 18.9. The van der Waals surface area contributed by atoms with Crippen LogP contribution in [0.1, 0.15) is 17.0 Å². The molecule has 1 aromatic carbocycles. The van der Waals surface area contributed by atoms with Gasteiger partial charge in [0.1, 0.15) is 12.1 Å². The van der Waals surface area contributed by atoms with Crippen molar-refractivity contribution in [3.63, 3.8) is 0 Å². The molecule has 0 radical (unpaired) electrons. The summed E-state index contributed by atoms with van der Waals surface area (Å²) in [4.78, 5) is 12.7. The molecule has 0 aliphatic rings. The summed E-state index contributed by atoms with van der Waals surface area (Å²) < 4.78 is 1.86. The molecule has 0 saturated heterocycles. The predicted octanol–water partition coefficient (Wildman–Crippen LogP) is 2.33. The van der Waals surface area contributed by atoms with Gasteiger partial charge in [0.2, 0.25) is 0 Å². The van der Waals surface area contributed by atoms with Crippen LogP contribution in [0, 0.1) is 0 Å². The largest absolute Gasteiger partial charge is 0.396 e. The van der Waals surface area contributed by atoms with E-state index < -0.39 is 0 Å². The molecule has 0 bridgehead atoms. The molecule has 0 amide bonds. The number of rotatable bonds is 7. The van der Waals surface area contributed by atoms with Gasteiger partial charge in [-0.3, -0.25) is 9.56 Å². The average Bonchev–Trinajstić information content (AvgIpc) is 3.27. The average molecular weight is 492 g/mol. The van der Waals surface area contributed by atoms with Crippen LogP contribution in [0.15, 0.2) is 72.4 Å². The van der Waals surface area contributed by atoms with Crippen LogP contribution in [0.3, 0.4) is 0 Å². The number of pyridine rings is 1. The molecule has 2 heterocycles.